The van der Waals surface area contributed by atoms with Gasteiger partial charge in [0.1, 0.15) is 11.5 Å². The number of rotatable bonds is 6. The number of amides is 1. The fourth-order valence-corrected chi connectivity index (χ4v) is 3.04. The maximum absolute atomic E-state index is 13.4. The van der Waals surface area contributed by atoms with Crippen LogP contribution in [0.1, 0.15) is 17.2 Å². The number of aliphatic hydroxyl groups excluding tert-OH is 1. The highest BCUT2D eigenvalue weighted by molar-refractivity contribution is 5.90. The van der Waals surface area contributed by atoms with Crippen LogP contribution < -0.4 is 5.43 Å². The molecule has 6 nitrogen and oxygen atoms in total. The van der Waals surface area contributed by atoms with Gasteiger partial charge >= 0.3 is 0 Å². The van der Waals surface area contributed by atoms with E-state index in [0.29, 0.717) is 22.4 Å². The number of benzene rings is 3. The quantitative estimate of drug-likeness (QED) is 0.371. The standard InChI is InChI=1S/C24H19FN4O2/c25-20-13-11-17(12-14-20)22-19(16-29(28-22)21-9-5-2-6-10-21)15-26-27-24(31)23(30)18-7-3-1-4-8-18/h1-16,23,30H,(H,27,31). The highest BCUT2D eigenvalue weighted by Crippen LogP contribution is 2.23. The zero-order valence-corrected chi connectivity index (χ0v) is 16.4. The van der Waals surface area contributed by atoms with E-state index in [-0.39, 0.29) is 5.82 Å². The molecule has 4 rings (SSSR count). The second-order valence-corrected chi connectivity index (χ2v) is 6.77. The molecule has 154 valence electrons. The second kappa shape index (κ2) is 9.15. The molecule has 7 heteroatoms. The van der Waals surface area contributed by atoms with Crippen LogP contribution in [0.25, 0.3) is 16.9 Å². The topological polar surface area (TPSA) is 79.5 Å². The molecule has 2 N–H and O–H groups in total. The van der Waals surface area contributed by atoms with Crippen molar-refractivity contribution in [2.24, 2.45) is 5.10 Å². The van der Waals surface area contributed by atoms with Crippen molar-refractivity contribution in [2.45, 2.75) is 6.10 Å². The van der Waals surface area contributed by atoms with E-state index in [0.717, 1.165) is 5.69 Å². The lowest BCUT2D eigenvalue weighted by atomic mass is 10.1. The van der Waals surface area contributed by atoms with Gasteiger partial charge in [-0.05, 0) is 42.0 Å². The Bertz CT molecular complexity index is 1190. The van der Waals surface area contributed by atoms with Crippen molar-refractivity contribution in [1.82, 2.24) is 15.2 Å². The number of hydrogen-bond donors (Lipinski definition) is 2. The van der Waals surface area contributed by atoms with Gasteiger partial charge < -0.3 is 5.11 Å². The highest BCUT2D eigenvalue weighted by atomic mass is 19.1. The third kappa shape index (κ3) is 4.73. The van der Waals surface area contributed by atoms with Crippen molar-refractivity contribution in [3.63, 3.8) is 0 Å². The second-order valence-electron chi connectivity index (χ2n) is 6.77. The van der Waals surface area contributed by atoms with Crippen molar-refractivity contribution < 1.29 is 14.3 Å². The maximum atomic E-state index is 13.4. The van der Waals surface area contributed by atoms with Crippen molar-refractivity contribution in [2.75, 3.05) is 0 Å². The molecule has 0 spiro atoms. The third-order valence-electron chi connectivity index (χ3n) is 4.62. The first-order valence-corrected chi connectivity index (χ1v) is 9.59. The number of aliphatic hydroxyl groups is 1. The van der Waals surface area contributed by atoms with Crippen LogP contribution in [-0.2, 0) is 4.79 Å². The van der Waals surface area contributed by atoms with E-state index >= 15 is 0 Å². The predicted molar refractivity (Wildman–Crippen MR) is 116 cm³/mol. The number of nitrogens with one attached hydrogen (secondary N) is 1. The Hall–Kier alpha value is -4.10. The van der Waals surface area contributed by atoms with E-state index in [2.05, 4.69) is 15.6 Å². The summed E-state index contributed by atoms with van der Waals surface area (Å²) in [5, 5.41) is 18.7. The summed E-state index contributed by atoms with van der Waals surface area (Å²) in [7, 11) is 0. The van der Waals surface area contributed by atoms with E-state index in [1.807, 2.05) is 30.3 Å². The van der Waals surface area contributed by atoms with Gasteiger partial charge in [-0.25, -0.2) is 14.5 Å². The molecule has 1 atom stereocenters. The van der Waals surface area contributed by atoms with E-state index in [4.69, 9.17) is 0 Å². The molecule has 0 fully saturated rings. The minimum absolute atomic E-state index is 0.344. The Kier molecular flexibility index (Phi) is 5.96. The molecule has 0 aliphatic rings. The van der Waals surface area contributed by atoms with E-state index in [9.17, 15) is 14.3 Å². The van der Waals surface area contributed by atoms with Crippen LogP contribution in [0, 0.1) is 5.82 Å². The summed E-state index contributed by atoms with van der Waals surface area (Å²) >= 11 is 0. The predicted octanol–water partition coefficient (Wildman–Crippen LogP) is 3.86. The number of hydrazone groups is 1. The minimum atomic E-state index is -1.33. The molecule has 1 heterocycles. The molecular formula is C24H19FN4O2. The average Bonchev–Trinajstić information content (AvgIpc) is 3.24. The fourth-order valence-electron chi connectivity index (χ4n) is 3.04. The number of para-hydroxylation sites is 1. The van der Waals surface area contributed by atoms with Crippen LogP contribution >= 0.6 is 0 Å². The molecule has 0 radical (unpaired) electrons. The van der Waals surface area contributed by atoms with Gasteiger partial charge in [-0.3, -0.25) is 4.79 Å². The molecule has 3 aromatic carbocycles. The molecule has 0 aliphatic carbocycles. The van der Waals surface area contributed by atoms with Crippen LogP contribution in [-0.4, -0.2) is 27.0 Å². The zero-order valence-electron chi connectivity index (χ0n) is 16.4. The summed E-state index contributed by atoms with van der Waals surface area (Å²) in [6.07, 6.45) is 1.87. The first-order valence-electron chi connectivity index (χ1n) is 9.59. The number of carbonyl (C=O) groups excluding carboxylic acids is 1. The molecule has 31 heavy (non-hydrogen) atoms. The average molecular weight is 414 g/mol. The number of halogens is 1. The number of carbonyl (C=O) groups is 1. The molecule has 0 aliphatic heterocycles. The van der Waals surface area contributed by atoms with Crippen molar-refractivity contribution in [1.29, 1.82) is 0 Å². The fraction of sp³-hybridized carbons (Fsp3) is 0.0417. The van der Waals surface area contributed by atoms with Crippen LogP contribution in [0.3, 0.4) is 0 Å². The number of aromatic nitrogens is 2. The van der Waals surface area contributed by atoms with E-state index < -0.39 is 12.0 Å². The van der Waals surface area contributed by atoms with Gasteiger partial charge in [0.05, 0.1) is 11.9 Å². The molecule has 0 saturated heterocycles. The smallest absolute Gasteiger partial charge is 0.273 e. The highest BCUT2D eigenvalue weighted by Gasteiger charge is 2.16. The van der Waals surface area contributed by atoms with Gasteiger partial charge in [-0.1, -0.05) is 48.5 Å². The van der Waals surface area contributed by atoms with Crippen molar-refractivity contribution in [3.05, 3.63) is 108 Å². The Labute approximate surface area is 178 Å². The summed E-state index contributed by atoms with van der Waals surface area (Å²) < 4.78 is 15.0. The van der Waals surface area contributed by atoms with Crippen molar-refractivity contribution >= 4 is 12.1 Å². The largest absolute Gasteiger partial charge is 0.378 e. The number of nitrogens with zero attached hydrogens (tertiary/aromatic N) is 3. The number of hydrogen-bond acceptors (Lipinski definition) is 4. The molecule has 1 unspecified atom stereocenters. The molecular weight excluding hydrogens is 395 g/mol. The molecule has 0 bridgehead atoms. The third-order valence-corrected chi connectivity index (χ3v) is 4.62. The maximum Gasteiger partial charge on any atom is 0.273 e. The monoisotopic (exact) mass is 414 g/mol. The lowest BCUT2D eigenvalue weighted by Gasteiger charge is -2.08. The first kappa shape index (κ1) is 20.2. The van der Waals surface area contributed by atoms with Crippen LogP contribution in [0.2, 0.25) is 0 Å². The molecule has 1 aromatic heterocycles. The Morgan fingerprint density at radius 2 is 1.65 bits per heavy atom. The summed E-state index contributed by atoms with van der Waals surface area (Å²) in [4.78, 5) is 12.2. The summed E-state index contributed by atoms with van der Waals surface area (Å²) in [5.74, 6) is -0.996. The lowest BCUT2D eigenvalue weighted by molar-refractivity contribution is -0.129. The van der Waals surface area contributed by atoms with E-state index in [1.165, 1.54) is 18.3 Å². The Morgan fingerprint density at radius 3 is 2.32 bits per heavy atom. The normalized spacial score (nSPS) is 12.1. The lowest BCUT2D eigenvalue weighted by Crippen LogP contribution is -2.25. The molecule has 0 saturated carbocycles. The van der Waals surface area contributed by atoms with Gasteiger partial charge in [0.2, 0.25) is 0 Å². The summed E-state index contributed by atoms with van der Waals surface area (Å²) in [6, 6.07) is 24.1. The van der Waals surface area contributed by atoms with Gasteiger partial charge in [0, 0.05) is 17.3 Å². The minimum Gasteiger partial charge on any atom is -0.378 e. The van der Waals surface area contributed by atoms with Crippen LogP contribution in [0.4, 0.5) is 4.39 Å². The van der Waals surface area contributed by atoms with E-state index in [1.54, 1.807) is 53.3 Å². The zero-order chi connectivity index (χ0) is 21.6. The van der Waals surface area contributed by atoms with Crippen LogP contribution in [0.15, 0.2) is 96.2 Å². The summed E-state index contributed by atoms with van der Waals surface area (Å²) in [5.41, 5.74) is 5.56. The van der Waals surface area contributed by atoms with Crippen molar-refractivity contribution in [3.8, 4) is 16.9 Å². The van der Waals surface area contributed by atoms with Gasteiger partial charge in [-0.2, -0.15) is 10.2 Å². The molecule has 1 amide bonds. The van der Waals surface area contributed by atoms with Gasteiger partial charge in [0.25, 0.3) is 5.91 Å². The van der Waals surface area contributed by atoms with Crippen LogP contribution in [0.5, 0.6) is 0 Å². The Balaban J connectivity index is 1.59. The summed E-state index contributed by atoms with van der Waals surface area (Å²) in [6.45, 7) is 0. The van der Waals surface area contributed by atoms with Gasteiger partial charge in [0.15, 0.2) is 6.10 Å². The SMILES string of the molecule is O=C(NN=Cc1cn(-c2ccccc2)nc1-c1ccc(F)cc1)C(O)c1ccccc1. The first-order chi connectivity index (χ1) is 15.1. The van der Waals surface area contributed by atoms with Gasteiger partial charge in [-0.15, -0.1) is 0 Å². The molecule has 4 aromatic rings. The Morgan fingerprint density at radius 1 is 1.00 bits per heavy atom.